The van der Waals surface area contributed by atoms with Crippen LogP contribution in [0.3, 0.4) is 0 Å². The number of nitrogens with two attached hydrogens (primary N) is 1. The summed E-state index contributed by atoms with van der Waals surface area (Å²) >= 11 is 0. The molecule has 170 valence electrons. The second kappa shape index (κ2) is 13.1. The highest BCUT2D eigenvalue weighted by atomic mass is 16.5. The minimum atomic E-state index is 0.506. The van der Waals surface area contributed by atoms with E-state index in [9.17, 15) is 0 Å². The topological polar surface area (TPSA) is 91.6 Å². The first-order chi connectivity index (χ1) is 15.8. The number of nitrogens with zero attached hydrogens (tertiary/aromatic N) is 4. The highest BCUT2D eigenvalue weighted by Gasteiger charge is 2.15. The molecule has 2 aromatic rings. The lowest BCUT2D eigenvalue weighted by atomic mass is 10.3. The first kappa shape index (κ1) is 23.3. The maximum atomic E-state index is 6.28. The van der Waals surface area contributed by atoms with Crippen LogP contribution in [0, 0.1) is 0 Å². The Balaban J connectivity index is 1.68. The molecule has 0 aliphatic carbocycles. The summed E-state index contributed by atoms with van der Waals surface area (Å²) in [6, 6.07) is 10.0. The predicted molar refractivity (Wildman–Crippen MR) is 132 cm³/mol. The van der Waals surface area contributed by atoms with E-state index in [1.54, 1.807) is 6.20 Å². The molecular formula is C24H33N7O. The number of hydrogen-bond acceptors (Lipinski definition) is 8. The van der Waals surface area contributed by atoms with Gasteiger partial charge in [0.15, 0.2) is 5.82 Å². The van der Waals surface area contributed by atoms with E-state index in [1.165, 1.54) is 0 Å². The average molecular weight is 436 g/mol. The summed E-state index contributed by atoms with van der Waals surface area (Å²) in [6.07, 6.45) is 13.4. The monoisotopic (exact) mass is 435 g/mol. The van der Waals surface area contributed by atoms with Gasteiger partial charge in [-0.05, 0) is 31.3 Å². The van der Waals surface area contributed by atoms with Crippen LogP contribution in [0.15, 0.2) is 73.1 Å². The number of aromatic nitrogens is 2. The van der Waals surface area contributed by atoms with E-state index in [1.807, 2.05) is 78.7 Å². The van der Waals surface area contributed by atoms with Crippen LogP contribution in [-0.2, 0) is 4.74 Å². The number of rotatable bonds is 11. The molecule has 4 N–H and O–H groups in total. The summed E-state index contributed by atoms with van der Waals surface area (Å²) in [6.45, 7) is 7.67. The van der Waals surface area contributed by atoms with Crippen LogP contribution in [0.1, 0.15) is 6.92 Å². The van der Waals surface area contributed by atoms with Crippen LogP contribution < -0.4 is 21.3 Å². The molecule has 0 atom stereocenters. The van der Waals surface area contributed by atoms with Crippen molar-refractivity contribution in [2.24, 2.45) is 0 Å². The largest absolute Gasteiger partial charge is 0.394 e. The van der Waals surface area contributed by atoms with Gasteiger partial charge in [0.05, 0.1) is 31.8 Å². The zero-order valence-corrected chi connectivity index (χ0v) is 18.7. The van der Waals surface area contributed by atoms with Gasteiger partial charge in [-0.3, -0.25) is 4.90 Å². The molecule has 32 heavy (non-hydrogen) atoms. The van der Waals surface area contributed by atoms with Gasteiger partial charge in [-0.25, -0.2) is 4.98 Å². The molecule has 0 radical (unpaired) electrons. The molecule has 1 saturated heterocycles. The number of ether oxygens (including phenoxy) is 1. The Morgan fingerprint density at radius 1 is 1.12 bits per heavy atom. The first-order valence-corrected chi connectivity index (χ1v) is 10.9. The van der Waals surface area contributed by atoms with Crippen molar-refractivity contribution in [3.8, 4) is 0 Å². The van der Waals surface area contributed by atoms with Gasteiger partial charge >= 0.3 is 0 Å². The summed E-state index contributed by atoms with van der Waals surface area (Å²) in [7, 11) is 0. The number of nitrogens with one attached hydrogen (secondary N) is 2. The highest BCUT2D eigenvalue weighted by Crippen LogP contribution is 2.28. The van der Waals surface area contributed by atoms with Crippen molar-refractivity contribution in [3.05, 3.63) is 73.1 Å². The van der Waals surface area contributed by atoms with Gasteiger partial charge in [0.2, 0.25) is 5.95 Å². The van der Waals surface area contributed by atoms with Gasteiger partial charge in [-0.15, -0.1) is 0 Å². The number of para-hydroxylation sites is 1. The summed E-state index contributed by atoms with van der Waals surface area (Å²) in [5, 5.41) is 6.63. The van der Waals surface area contributed by atoms with Crippen molar-refractivity contribution < 1.29 is 4.74 Å². The molecule has 0 amide bonds. The van der Waals surface area contributed by atoms with Gasteiger partial charge < -0.3 is 26.0 Å². The van der Waals surface area contributed by atoms with Crippen molar-refractivity contribution in [2.75, 3.05) is 62.0 Å². The molecule has 0 spiro atoms. The van der Waals surface area contributed by atoms with Crippen molar-refractivity contribution in [1.29, 1.82) is 0 Å². The molecule has 1 aromatic heterocycles. The summed E-state index contributed by atoms with van der Waals surface area (Å²) in [5.41, 5.74) is 7.79. The first-order valence-electron chi connectivity index (χ1n) is 10.9. The molecule has 3 rings (SSSR count). The fraction of sp³-hybridized carbons (Fsp3) is 0.333. The van der Waals surface area contributed by atoms with E-state index >= 15 is 0 Å². The summed E-state index contributed by atoms with van der Waals surface area (Å²) in [4.78, 5) is 13.5. The smallest absolute Gasteiger partial charge is 0.224 e. The predicted octanol–water partition coefficient (Wildman–Crippen LogP) is 3.13. The Kier molecular flexibility index (Phi) is 9.57. The number of benzene rings is 1. The second-order valence-electron chi connectivity index (χ2n) is 7.25. The number of nitrogen functional groups attached to an aromatic ring is 1. The van der Waals surface area contributed by atoms with E-state index in [0.717, 1.165) is 45.1 Å². The number of anilines is 4. The third-order valence-corrected chi connectivity index (χ3v) is 4.92. The molecule has 1 aliphatic heterocycles. The molecule has 2 heterocycles. The van der Waals surface area contributed by atoms with E-state index in [4.69, 9.17) is 15.5 Å². The lowest BCUT2D eigenvalue weighted by molar-refractivity contribution is 0.0398. The molecular weight excluding hydrogens is 402 g/mol. The zero-order chi connectivity index (χ0) is 22.4. The van der Waals surface area contributed by atoms with Crippen LogP contribution in [0.25, 0.3) is 0 Å². The molecule has 8 heteroatoms. The maximum Gasteiger partial charge on any atom is 0.224 e. The summed E-state index contributed by atoms with van der Waals surface area (Å²) < 4.78 is 5.40. The molecule has 0 unspecified atom stereocenters. The van der Waals surface area contributed by atoms with Crippen molar-refractivity contribution >= 4 is 23.1 Å². The van der Waals surface area contributed by atoms with Gasteiger partial charge in [-0.1, -0.05) is 42.5 Å². The van der Waals surface area contributed by atoms with Crippen LogP contribution in [0.4, 0.5) is 23.1 Å². The molecule has 1 aromatic carbocycles. The molecule has 0 saturated carbocycles. The van der Waals surface area contributed by atoms with Gasteiger partial charge in [0, 0.05) is 31.9 Å². The number of hydrogen-bond donors (Lipinski definition) is 3. The standard InChI is InChI=1S/C24H33N7O/c1-2-3-4-5-9-12-26-20-31(21-10-7-6-8-11-21)23-22(25)19-28-24(29-23)27-13-14-30-15-17-32-18-16-30/h2-12,19,26H,13-18,20,25H2,1H3,(H,27,28,29)/b3-2-,5-4-,12-9+. The summed E-state index contributed by atoms with van der Waals surface area (Å²) in [5.74, 6) is 1.22. The Bertz CT molecular complexity index is 892. The fourth-order valence-corrected chi connectivity index (χ4v) is 3.24. The fourth-order valence-electron chi connectivity index (χ4n) is 3.24. The van der Waals surface area contributed by atoms with E-state index in [2.05, 4.69) is 20.5 Å². The van der Waals surface area contributed by atoms with Gasteiger partial charge in [0.25, 0.3) is 0 Å². The quantitative estimate of drug-likeness (QED) is 0.366. The van der Waals surface area contributed by atoms with Crippen LogP contribution >= 0.6 is 0 Å². The van der Waals surface area contributed by atoms with E-state index in [-0.39, 0.29) is 0 Å². The van der Waals surface area contributed by atoms with E-state index < -0.39 is 0 Å². The average Bonchev–Trinajstić information content (AvgIpc) is 2.83. The third kappa shape index (κ3) is 7.40. The Morgan fingerprint density at radius 2 is 1.91 bits per heavy atom. The minimum absolute atomic E-state index is 0.506. The number of morpholine rings is 1. The molecule has 1 aliphatic rings. The maximum absolute atomic E-state index is 6.28. The van der Waals surface area contributed by atoms with E-state index in [0.29, 0.717) is 24.1 Å². The lowest BCUT2D eigenvalue weighted by Gasteiger charge is -2.27. The third-order valence-electron chi connectivity index (χ3n) is 4.92. The van der Waals surface area contributed by atoms with Crippen molar-refractivity contribution in [2.45, 2.75) is 6.92 Å². The van der Waals surface area contributed by atoms with Gasteiger partial charge in [-0.2, -0.15) is 4.98 Å². The Morgan fingerprint density at radius 3 is 2.69 bits per heavy atom. The molecule has 0 bridgehead atoms. The Hall–Kier alpha value is -3.36. The van der Waals surface area contributed by atoms with Crippen LogP contribution in [0.5, 0.6) is 0 Å². The SMILES string of the molecule is C\C=C/C=C\C=C\NCN(c1ccccc1)c1nc(NCCN2CCOCC2)ncc1N. The molecule has 1 fully saturated rings. The normalized spacial score (nSPS) is 15.0. The van der Waals surface area contributed by atoms with Crippen molar-refractivity contribution in [1.82, 2.24) is 20.2 Å². The highest BCUT2D eigenvalue weighted by molar-refractivity contribution is 5.71. The van der Waals surface area contributed by atoms with Crippen LogP contribution in [0.2, 0.25) is 0 Å². The van der Waals surface area contributed by atoms with Crippen LogP contribution in [-0.4, -0.2) is 60.9 Å². The zero-order valence-electron chi connectivity index (χ0n) is 18.7. The number of allylic oxidation sites excluding steroid dienone is 5. The van der Waals surface area contributed by atoms with Gasteiger partial charge in [0.1, 0.15) is 0 Å². The lowest BCUT2D eigenvalue weighted by Crippen LogP contribution is -2.39. The second-order valence-corrected chi connectivity index (χ2v) is 7.25. The molecule has 8 nitrogen and oxygen atoms in total. The Labute approximate surface area is 190 Å². The van der Waals surface area contributed by atoms with Crippen molar-refractivity contribution in [3.63, 3.8) is 0 Å². The minimum Gasteiger partial charge on any atom is -0.394 e.